The highest BCUT2D eigenvalue weighted by Crippen LogP contribution is 2.64. The molecule has 3 aliphatic rings. The lowest BCUT2D eigenvalue weighted by Crippen LogP contribution is -2.60. The molecule has 3 rings (SSSR count). The summed E-state index contributed by atoms with van der Waals surface area (Å²) in [5.74, 6) is 0.716. The molecule has 17 heavy (non-hydrogen) atoms. The molecule has 3 aliphatic carbocycles. The van der Waals surface area contributed by atoms with E-state index in [9.17, 15) is 14.3 Å². The Balaban J connectivity index is 2.20. The van der Waals surface area contributed by atoms with Gasteiger partial charge >= 0.3 is 0 Å². The van der Waals surface area contributed by atoms with Gasteiger partial charge in [0.15, 0.2) is 0 Å². The predicted octanol–water partition coefficient (Wildman–Crippen LogP) is 1.90. The van der Waals surface area contributed by atoms with Crippen LogP contribution in [0.15, 0.2) is 12.2 Å². The number of hydrogen-bond acceptors (Lipinski definition) is 3. The van der Waals surface area contributed by atoms with Gasteiger partial charge in [-0.2, -0.15) is 0 Å². The van der Waals surface area contributed by atoms with Crippen LogP contribution >= 0.6 is 0 Å². The normalized spacial score (nSPS) is 48.3. The van der Waals surface area contributed by atoms with Crippen LogP contribution in [0.25, 0.3) is 0 Å². The molecule has 0 aliphatic heterocycles. The summed E-state index contributed by atoms with van der Waals surface area (Å²) < 4.78 is 11.9. The molecule has 4 nitrogen and oxygen atoms in total. The second-order valence-corrected chi connectivity index (χ2v) is 7.39. The van der Waals surface area contributed by atoms with Crippen LogP contribution in [0.5, 0.6) is 0 Å². The smallest absolute Gasteiger partial charge is 0.245 e. The third-order valence-electron chi connectivity index (χ3n) is 5.13. The molecule has 2 bridgehead atoms. The Bertz CT molecular complexity index is 435. The van der Waals surface area contributed by atoms with E-state index in [1.54, 1.807) is 0 Å². The third-order valence-corrected chi connectivity index (χ3v) is 7.33. The zero-order valence-corrected chi connectivity index (χ0v) is 10.7. The Kier molecular flexibility index (Phi) is 2.28. The molecule has 0 aromatic carbocycles. The van der Waals surface area contributed by atoms with Gasteiger partial charge in [-0.15, -0.1) is 0 Å². The van der Waals surface area contributed by atoms with E-state index >= 15 is 0 Å². The topological polar surface area (TPSA) is 60.2 Å². The molecule has 0 amide bonds. The van der Waals surface area contributed by atoms with Gasteiger partial charge in [-0.25, -0.2) is 0 Å². The molecule has 2 fully saturated rings. The van der Waals surface area contributed by atoms with E-state index in [1.165, 1.54) is 0 Å². The largest absolute Gasteiger partial charge is 0.264 e. The summed E-state index contributed by atoms with van der Waals surface area (Å²) in [5, 5.41) is 11.7. The molecule has 5 heteroatoms. The highest BCUT2D eigenvalue weighted by atomic mass is 32.2. The average Bonchev–Trinajstić information content (AvgIpc) is 2.97. The molecule has 1 unspecified atom stereocenters. The lowest BCUT2D eigenvalue weighted by molar-refractivity contribution is -0.578. The fourth-order valence-corrected chi connectivity index (χ4v) is 6.69. The minimum atomic E-state index is -1.08. The first-order valence-corrected chi connectivity index (χ1v) is 7.63. The van der Waals surface area contributed by atoms with Crippen molar-refractivity contribution in [2.45, 2.75) is 42.9 Å². The minimum absolute atomic E-state index is 0.0144. The van der Waals surface area contributed by atoms with Crippen LogP contribution in [-0.4, -0.2) is 25.2 Å². The van der Waals surface area contributed by atoms with Crippen molar-refractivity contribution in [3.05, 3.63) is 22.3 Å². The number of rotatable bonds is 3. The van der Waals surface area contributed by atoms with Crippen molar-refractivity contribution in [1.29, 1.82) is 0 Å². The first kappa shape index (κ1) is 11.4. The summed E-state index contributed by atoms with van der Waals surface area (Å²) in [6.45, 7) is 1.88. The molecule has 0 aromatic heterocycles. The van der Waals surface area contributed by atoms with E-state index in [0.717, 1.165) is 19.3 Å². The van der Waals surface area contributed by atoms with Gasteiger partial charge in [0.1, 0.15) is 4.75 Å². The van der Waals surface area contributed by atoms with Crippen LogP contribution in [0.3, 0.4) is 0 Å². The SMILES string of the molecule is CCS(=O)[C@@]12CCC[C@]1([N+](=O)[O-])[C@H]1C=C[C@@H]2C1. The number of nitrogens with zero attached hydrogens (tertiary/aromatic N) is 1. The minimum Gasteiger partial charge on any atom is -0.264 e. The van der Waals surface area contributed by atoms with E-state index in [4.69, 9.17) is 0 Å². The summed E-state index contributed by atoms with van der Waals surface area (Å²) >= 11 is 0. The number of allylic oxidation sites excluding steroid dienone is 1. The lowest BCUT2D eigenvalue weighted by Gasteiger charge is -2.39. The van der Waals surface area contributed by atoms with Crippen molar-refractivity contribution in [2.75, 3.05) is 5.75 Å². The molecular formula is C12H17NO3S. The molecule has 94 valence electrons. The van der Waals surface area contributed by atoms with E-state index in [2.05, 4.69) is 6.08 Å². The van der Waals surface area contributed by atoms with Gasteiger partial charge in [-0.05, 0) is 19.3 Å². The van der Waals surface area contributed by atoms with Gasteiger partial charge in [-0.1, -0.05) is 19.1 Å². The summed E-state index contributed by atoms with van der Waals surface area (Å²) in [5.41, 5.74) is -0.923. The van der Waals surface area contributed by atoms with Gasteiger partial charge in [0.2, 0.25) is 5.54 Å². The maximum absolute atomic E-state index is 12.5. The summed E-state index contributed by atoms with van der Waals surface area (Å²) in [6, 6.07) is 0. The van der Waals surface area contributed by atoms with Crippen molar-refractivity contribution >= 4 is 10.8 Å². The Morgan fingerprint density at radius 2 is 2.12 bits per heavy atom. The van der Waals surface area contributed by atoms with Gasteiger partial charge in [0.05, 0.1) is 0 Å². The average molecular weight is 255 g/mol. The van der Waals surface area contributed by atoms with Crippen LogP contribution in [0, 0.1) is 22.0 Å². The van der Waals surface area contributed by atoms with Gasteiger partial charge in [0, 0.05) is 39.7 Å². The Hall–Kier alpha value is -0.710. The molecule has 0 aromatic rings. The highest BCUT2D eigenvalue weighted by Gasteiger charge is 2.78. The van der Waals surface area contributed by atoms with Gasteiger partial charge in [-0.3, -0.25) is 14.3 Å². The van der Waals surface area contributed by atoms with Crippen LogP contribution in [-0.2, 0) is 10.8 Å². The zero-order chi connectivity index (χ0) is 12.3. The quantitative estimate of drug-likeness (QED) is 0.439. The van der Waals surface area contributed by atoms with E-state index < -0.39 is 21.1 Å². The molecule has 0 N–H and O–H groups in total. The van der Waals surface area contributed by atoms with E-state index in [1.807, 2.05) is 13.0 Å². The Labute approximate surface area is 103 Å². The van der Waals surface area contributed by atoms with Crippen LogP contribution in [0.4, 0.5) is 0 Å². The fraction of sp³-hybridized carbons (Fsp3) is 0.833. The van der Waals surface area contributed by atoms with Gasteiger partial charge in [0.25, 0.3) is 0 Å². The standard InChI is InChI=1S/C12H17NO3S/c1-2-17(16)12-7-3-6-11(12,13(14)15)9-4-5-10(12)8-9/h4-5,9-10H,2-3,6-8H2,1H3/t9-,10+,11-,12+,17?/m0/s1. The predicted molar refractivity (Wildman–Crippen MR) is 65.7 cm³/mol. The van der Waals surface area contributed by atoms with Gasteiger partial charge < -0.3 is 0 Å². The number of hydrogen-bond donors (Lipinski definition) is 0. The zero-order valence-electron chi connectivity index (χ0n) is 9.93. The van der Waals surface area contributed by atoms with E-state index in [-0.39, 0.29) is 16.8 Å². The Morgan fingerprint density at radius 3 is 2.76 bits per heavy atom. The van der Waals surface area contributed by atoms with Crippen molar-refractivity contribution in [3.63, 3.8) is 0 Å². The summed E-state index contributed by atoms with van der Waals surface area (Å²) in [7, 11) is -1.08. The maximum atomic E-state index is 12.5. The number of fused-ring (bicyclic) bond motifs is 5. The molecule has 0 radical (unpaired) electrons. The van der Waals surface area contributed by atoms with Crippen LogP contribution < -0.4 is 0 Å². The lowest BCUT2D eigenvalue weighted by atomic mass is 9.78. The van der Waals surface area contributed by atoms with Crippen molar-refractivity contribution < 1.29 is 9.13 Å². The second-order valence-electron chi connectivity index (χ2n) is 5.39. The van der Waals surface area contributed by atoms with Crippen molar-refractivity contribution in [2.24, 2.45) is 11.8 Å². The molecular weight excluding hydrogens is 238 g/mol. The number of nitro groups is 1. The molecule has 2 saturated carbocycles. The second kappa shape index (κ2) is 3.40. The third kappa shape index (κ3) is 1.03. The Morgan fingerprint density at radius 1 is 1.41 bits per heavy atom. The highest BCUT2D eigenvalue weighted by molar-refractivity contribution is 7.86. The van der Waals surface area contributed by atoms with Crippen molar-refractivity contribution in [1.82, 2.24) is 0 Å². The molecule has 5 atom stereocenters. The van der Waals surface area contributed by atoms with Crippen LogP contribution in [0.2, 0.25) is 0 Å². The fourth-order valence-electron chi connectivity index (χ4n) is 4.57. The maximum Gasteiger partial charge on any atom is 0.245 e. The summed E-state index contributed by atoms with van der Waals surface area (Å²) in [4.78, 5) is 11.6. The molecule has 0 saturated heterocycles. The summed E-state index contributed by atoms with van der Waals surface area (Å²) in [6.07, 6.45) is 7.15. The monoisotopic (exact) mass is 255 g/mol. The molecule has 0 heterocycles. The van der Waals surface area contributed by atoms with Crippen LogP contribution in [0.1, 0.15) is 32.6 Å². The first-order chi connectivity index (χ1) is 8.09. The van der Waals surface area contributed by atoms with E-state index in [0.29, 0.717) is 12.2 Å². The van der Waals surface area contributed by atoms with Crippen molar-refractivity contribution in [3.8, 4) is 0 Å². The molecule has 0 spiro atoms. The first-order valence-electron chi connectivity index (χ1n) is 6.31.